The number of hydrogen-bond donors (Lipinski definition) is 1. The van der Waals surface area contributed by atoms with Crippen LogP contribution >= 0.6 is 0 Å². The lowest BCUT2D eigenvalue weighted by atomic mass is 10.3. The first kappa shape index (κ1) is 20.7. The summed E-state index contributed by atoms with van der Waals surface area (Å²) >= 11 is 0. The zero-order valence-corrected chi connectivity index (χ0v) is 17.8. The molecular weight excluding hydrogens is 416 g/mol. The maximum absolute atomic E-state index is 12.7. The van der Waals surface area contributed by atoms with E-state index in [9.17, 15) is 13.2 Å². The van der Waals surface area contributed by atoms with Crippen LogP contribution in [0.25, 0.3) is 0 Å². The number of sulfonamides is 1. The Bertz CT molecular complexity index is 1180. The summed E-state index contributed by atoms with van der Waals surface area (Å²) < 4.78 is 39.1. The van der Waals surface area contributed by atoms with Crippen LogP contribution in [0.1, 0.15) is 12.8 Å². The second-order valence-corrected chi connectivity index (χ2v) is 8.71. The number of nitrogens with zero attached hydrogens (tertiary/aromatic N) is 1. The van der Waals surface area contributed by atoms with Crippen LogP contribution < -0.4 is 19.1 Å². The molecule has 1 amide bonds. The molecular formula is C23H22N2O5S. The quantitative estimate of drug-likeness (QED) is 0.590. The largest absolute Gasteiger partial charge is 0.493 e. The van der Waals surface area contributed by atoms with Crippen molar-refractivity contribution in [2.45, 2.75) is 17.7 Å². The van der Waals surface area contributed by atoms with Crippen LogP contribution in [0, 0.1) is 0 Å². The molecule has 0 aromatic heterocycles. The number of amides is 1. The number of anilines is 2. The molecule has 0 bridgehead atoms. The zero-order valence-electron chi connectivity index (χ0n) is 16.9. The minimum atomic E-state index is -3.76. The number of carbonyl (C=O) groups excluding carboxylic acids is 1. The van der Waals surface area contributed by atoms with Gasteiger partial charge in [0.1, 0.15) is 5.75 Å². The Balaban J connectivity index is 1.45. The van der Waals surface area contributed by atoms with Gasteiger partial charge in [0.25, 0.3) is 10.0 Å². The molecule has 0 unspecified atom stereocenters. The van der Waals surface area contributed by atoms with E-state index in [2.05, 4.69) is 4.72 Å². The number of ether oxygens (including phenoxy) is 2. The summed E-state index contributed by atoms with van der Waals surface area (Å²) in [7, 11) is -2.20. The minimum absolute atomic E-state index is 0.0594. The monoisotopic (exact) mass is 438 g/mol. The summed E-state index contributed by atoms with van der Waals surface area (Å²) in [6, 6.07) is 20.2. The van der Waals surface area contributed by atoms with Gasteiger partial charge in [-0.3, -0.25) is 9.52 Å². The second-order valence-electron chi connectivity index (χ2n) is 7.03. The second kappa shape index (κ2) is 8.69. The fourth-order valence-electron chi connectivity index (χ4n) is 3.36. The highest BCUT2D eigenvalue weighted by atomic mass is 32.2. The third-order valence-electron chi connectivity index (χ3n) is 4.94. The van der Waals surface area contributed by atoms with Gasteiger partial charge in [-0.1, -0.05) is 12.1 Å². The number of para-hydroxylation sites is 2. The van der Waals surface area contributed by atoms with Gasteiger partial charge in [-0.15, -0.1) is 0 Å². The van der Waals surface area contributed by atoms with Crippen molar-refractivity contribution in [3.8, 4) is 17.2 Å². The summed E-state index contributed by atoms with van der Waals surface area (Å²) in [5.41, 5.74) is 1.12. The van der Waals surface area contributed by atoms with Crippen molar-refractivity contribution in [3.05, 3.63) is 72.8 Å². The highest BCUT2D eigenvalue weighted by molar-refractivity contribution is 7.92. The molecule has 8 heteroatoms. The Morgan fingerprint density at radius 1 is 0.903 bits per heavy atom. The van der Waals surface area contributed by atoms with E-state index in [1.165, 1.54) is 12.1 Å². The standard InChI is InChI=1S/C23H22N2O5S/c1-29-21-5-2-3-6-22(21)30-19-12-8-17(9-13-19)24-31(27,28)20-14-10-18(11-15-20)25-16-4-7-23(25)26/h2-3,5-6,8-15,24H,4,7,16H2,1H3. The summed E-state index contributed by atoms with van der Waals surface area (Å²) in [6.45, 7) is 0.659. The van der Waals surface area contributed by atoms with Crippen molar-refractivity contribution in [2.24, 2.45) is 0 Å². The molecule has 0 radical (unpaired) electrons. The molecule has 1 heterocycles. The van der Waals surface area contributed by atoms with Crippen LogP contribution in [0.15, 0.2) is 77.7 Å². The first-order valence-corrected chi connectivity index (χ1v) is 11.3. The molecule has 3 aromatic rings. The third-order valence-corrected chi connectivity index (χ3v) is 6.33. The lowest BCUT2D eigenvalue weighted by molar-refractivity contribution is -0.117. The predicted molar refractivity (Wildman–Crippen MR) is 118 cm³/mol. The van der Waals surface area contributed by atoms with Crippen molar-refractivity contribution in [1.82, 2.24) is 0 Å². The van der Waals surface area contributed by atoms with Crippen molar-refractivity contribution in [1.29, 1.82) is 0 Å². The van der Waals surface area contributed by atoms with Crippen molar-refractivity contribution in [2.75, 3.05) is 23.3 Å². The number of rotatable bonds is 7. The van der Waals surface area contributed by atoms with Gasteiger partial charge in [-0.25, -0.2) is 8.42 Å². The SMILES string of the molecule is COc1ccccc1Oc1ccc(NS(=O)(=O)c2ccc(N3CCCC3=O)cc2)cc1. The third kappa shape index (κ3) is 4.64. The van der Waals surface area contributed by atoms with Crippen LogP contribution in [0.3, 0.4) is 0 Å². The lowest BCUT2D eigenvalue weighted by Crippen LogP contribution is -2.23. The molecule has 0 spiro atoms. The molecule has 1 N–H and O–H groups in total. The fraction of sp³-hybridized carbons (Fsp3) is 0.174. The van der Waals surface area contributed by atoms with Crippen LogP contribution in [-0.4, -0.2) is 28.0 Å². The van der Waals surface area contributed by atoms with Crippen LogP contribution in [-0.2, 0) is 14.8 Å². The molecule has 160 valence electrons. The maximum Gasteiger partial charge on any atom is 0.261 e. The number of benzene rings is 3. The van der Waals surface area contributed by atoms with E-state index in [-0.39, 0.29) is 10.8 Å². The first-order chi connectivity index (χ1) is 15.0. The number of carbonyl (C=O) groups is 1. The molecule has 1 saturated heterocycles. The maximum atomic E-state index is 12.7. The van der Waals surface area contributed by atoms with Crippen molar-refractivity contribution >= 4 is 27.3 Å². The van der Waals surface area contributed by atoms with Crippen molar-refractivity contribution in [3.63, 3.8) is 0 Å². The number of methoxy groups -OCH3 is 1. The summed E-state index contributed by atoms with van der Waals surface area (Å²) in [5, 5.41) is 0. The van der Waals surface area contributed by atoms with E-state index in [0.717, 1.165) is 6.42 Å². The van der Waals surface area contributed by atoms with Gasteiger partial charge in [0.05, 0.1) is 12.0 Å². The Morgan fingerprint density at radius 3 is 2.19 bits per heavy atom. The van der Waals surface area contributed by atoms with Crippen molar-refractivity contribution < 1.29 is 22.7 Å². The minimum Gasteiger partial charge on any atom is -0.493 e. The number of nitrogens with one attached hydrogen (secondary N) is 1. The van der Waals surface area contributed by atoms with E-state index in [4.69, 9.17) is 9.47 Å². The van der Waals surface area contributed by atoms with Gasteiger partial charge >= 0.3 is 0 Å². The Labute approximate surface area is 181 Å². The first-order valence-electron chi connectivity index (χ1n) is 9.80. The van der Waals surface area contributed by atoms with E-state index < -0.39 is 10.0 Å². The highest BCUT2D eigenvalue weighted by Gasteiger charge is 2.22. The topological polar surface area (TPSA) is 84.9 Å². The Morgan fingerprint density at radius 2 is 1.58 bits per heavy atom. The van der Waals surface area contributed by atoms with Gasteiger partial charge in [0.2, 0.25) is 5.91 Å². The van der Waals surface area contributed by atoms with Crippen LogP contribution in [0.5, 0.6) is 17.2 Å². The Kier molecular flexibility index (Phi) is 5.81. The molecule has 1 aliphatic heterocycles. The molecule has 31 heavy (non-hydrogen) atoms. The summed E-state index contributed by atoms with van der Waals surface area (Å²) in [5.74, 6) is 1.78. The summed E-state index contributed by atoms with van der Waals surface area (Å²) in [6.07, 6.45) is 1.34. The molecule has 0 atom stereocenters. The fourth-order valence-corrected chi connectivity index (χ4v) is 4.42. The smallest absolute Gasteiger partial charge is 0.261 e. The van der Waals surface area contributed by atoms with Gasteiger partial charge in [-0.05, 0) is 67.1 Å². The van der Waals surface area contributed by atoms with E-state index in [0.29, 0.717) is 41.6 Å². The zero-order chi connectivity index (χ0) is 21.8. The van der Waals surface area contributed by atoms with Gasteiger partial charge in [0.15, 0.2) is 11.5 Å². The van der Waals surface area contributed by atoms with Crippen LogP contribution in [0.2, 0.25) is 0 Å². The molecule has 3 aromatic carbocycles. The number of hydrogen-bond acceptors (Lipinski definition) is 5. The summed E-state index contributed by atoms with van der Waals surface area (Å²) in [4.78, 5) is 13.6. The lowest BCUT2D eigenvalue weighted by Gasteiger charge is -2.16. The molecule has 4 rings (SSSR count). The van der Waals surface area contributed by atoms with Gasteiger partial charge < -0.3 is 14.4 Å². The molecule has 1 fully saturated rings. The molecule has 0 aliphatic carbocycles. The molecule has 0 saturated carbocycles. The molecule has 7 nitrogen and oxygen atoms in total. The van der Waals surface area contributed by atoms with E-state index in [1.54, 1.807) is 60.5 Å². The Hall–Kier alpha value is -3.52. The van der Waals surface area contributed by atoms with Crippen LogP contribution in [0.4, 0.5) is 11.4 Å². The van der Waals surface area contributed by atoms with E-state index >= 15 is 0 Å². The average molecular weight is 439 g/mol. The average Bonchev–Trinajstić information content (AvgIpc) is 3.21. The van der Waals surface area contributed by atoms with Gasteiger partial charge in [-0.2, -0.15) is 0 Å². The molecule has 1 aliphatic rings. The predicted octanol–water partition coefficient (Wildman–Crippen LogP) is 4.42. The van der Waals surface area contributed by atoms with E-state index in [1.807, 2.05) is 12.1 Å². The highest BCUT2D eigenvalue weighted by Crippen LogP contribution is 2.31. The van der Waals surface area contributed by atoms with Gasteiger partial charge in [0, 0.05) is 24.3 Å². The normalized spacial score (nSPS) is 13.8.